The van der Waals surface area contributed by atoms with Gasteiger partial charge in [-0.25, -0.2) is 4.90 Å². The monoisotopic (exact) mass is 199 g/mol. The first kappa shape index (κ1) is 12.0. The van der Waals surface area contributed by atoms with Gasteiger partial charge in [-0.2, -0.15) is 0 Å². The zero-order valence-corrected chi connectivity index (χ0v) is 10.4. The highest BCUT2D eigenvalue weighted by atomic mass is 15.5. The Morgan fingerprint density at radius 3 is 2.43 bits per heavy atom. The molecule has 2 heteroatoms. The SMILES string of the molecule is CCCC1C[N@@+](C)(CC)CN1CCC. The van der Waals surface area contributed by atoms with Gasteiger partial charge in [0.05, 0.1) is 26.2 Å². The van der Waals surface area contributed by atoms with Crippen LogP contribution in [0.2, 0.25) is 0 Å². The van der Waals surface area contributed by atoms with E-state index >= 15 is 0 Å². The lowest BCUT2D eigenvalue weighted by atomic mass is 10.1. The highest BCUT2D eigenvalue weighted by Gasteiger charge is 2.38. The van der Waals surface area contributed by atoms with Gasteiger partial charge in [-0.05, 0) is 19.8 Å². The minimum atomic E-state index is 0.852. The van der Waals surface area contributed by atoms with Crippen molar-refractivity contribution < 1.29 is 4.48 Å². The third-order valence-electron chi connectivity index (χ3n) is 3.59. The summed E-state index contributed by atoms with van der Waals surface area (Å²) in [5, 5.41) is 0. The van der Waals surface area contributed by atoms with Crippen LogP contribution in [0.4, 0.5) is 0 Å². The van der Waals surface area contributed by atoms with Crippen LogP contribution in [-0.4, -0.2) is 48.8 Å². The molecule has 0 spiro atoms. The minimum Gasteiger partial charge on any atom is -0.312 e. The van der Waals surface area contributed by atoms with Crippen LogP contribution < -0.4 is 0 Å². The maximum atomic E-state index is 2.70. The summed E-state index contributed by atoms with van der Waals surface area (Å²) in [4.78, 5) is 2.70. The Hall–Kier alpha value is -0.0800. The molecule has 84 valence electrons. The average Bonchev–Trinajstić information content (AvgIpc) is 2.46. The molecule has 0 aromatic rings. The fourth-order valence-corrected chi connectivity index (χ4v) is 2.61. The molecule has 14 heavy (non-hydrogen) atoms. The molecular weight excluding hydrogens is 172 g/mol. The number of quaternary nitrogens is 1. The van der Waals surface area contributed by atoms with Gasteiger partial charge in [0.2, 0.25) is 0 Å². The molecule has 1 fully saturated rings. The highest BCUT2D eigenvalue weighted by Crippen LogP contribution is 2.22. The zero-order chi connectivity index (χ0) is 10.6. The Balaban J connectivity index is 2.55. The molecule has 2 nitrogen and oxygen atoms in total. The fraction of sp³-hybridized carbons (Fsp3) is 1.00. The smallest absolute Gasteiger partial charge is 0.135 e. The van der Waals surface area contributed by atoms with Crippen molar-refractivity contribution in [1.82, 2.24) is 4.90 Å². The molecule has 0 aliphatic carbocycles. The third-order valence-corrected chi connectivity index (χ3v) is 3.59. The third kappa shape index (κ3) is 2.71. The van der Waals surface area contributed by atoms with Crippen LogP contribution in [0.15, 0.2) is 0 Å². The number of hydrogen-bond donors (Lipinski definition) is 0. The van der Waals surface area contributed by atoms with Crippen LogP contribution in [0.25, 0.3) is 0 Å². The van der Waals surface area contributed by atoms with Gasteiger partial charge in [0.25, 0.3) is 0 Å². The Morgan fingerprint density at radius 1 is 1.21 bits per heavy atom. The van der Waals surface area contributed by atoms with Crippen LogP contribution >= 0.6 is 0 Å². The van der Waals surface area contributed by atoms with Gasteiger partial charge in [0.15, 0.2) is 0 Å². The molecule has 1 aliphatic rings. The second-order valence-corrected chi connectivity index (χ2v) is 5.01. The molecule has 0 amide bonds. The van der Waals surface area contributed by atoms with E-state index in [0.29, 0.717) is 0 Å². The van der Waals surface area contributed by atoms with E-state index in [1.54, 1.807) is 0 Å². The summed E-state index contributed by atoms with van der Waals surface area (Å²) < 4.78 is 1.25. The molecular formula is C12H27N2+. The standard InChI is InChI=1S/C12H27N2/c1-5-8-12-10-14(4,7-3)11-13(12)9-6-2/h12H,5-11H2,1-4H3/q+1/t12?,14-/m1/s1. The Morgan fingerprint density at radius 2 is 1.93 bits per heavy atom. The molecule has 1 saturated heterocycles. The lowest BCUT2D eigenvalue weighted by molar-refractivity contribution is -0.900. The second-order valence-electron chi connectivity index (χ2n) is 5.01. The largest absolute Gasteiger partial charge is 0.312 e. The maximum Gasteiger partial charge on any atom is 0.135 e. The van der Waals surface area contributed by atoms with Crippen LogP contribution in [0.3, 0.4) is 0 Å². The van der Waals surface area contributed by atoms with Crippen molar-refractivity contribution >= 4 is 0 Å². The van der Waals surface area contributed by atoms with Crippen molar-refractivity contribution in [3.05, 3.63) is 0 Å². The van der Waals surface area contributed by atoms with Gasteiger partial charge < -0.3 is 4.48 Å². The van der Waals surface area contributed by atoms with E-state index in [4.69, 9.17) is 0 Å². The van der Waals surface area contributed by atoms with Crippen LogP contribution in [-0.2, 0) is 0 Å². The number of rotatable bonds is 5. The first-order valence-corrected chi connectivity index (χ1v) is 6.22. The highest BCUT2D eigenvalue weighted by molar-refractivity contribution is 4.74. The predicted molar refractivity (Wildman–Crippen MR) is 62.2 cm³/mol. The molecule has 0 radical (unpaired) electrons. The minimum absolute atomic E-state index is 0.852. The summed E-state index contributed by atoms with van der Waals surface area (Å²) >= 11 is 0. The zero-order valence-electron chi connectivity index (χ0n) is 10.4. The van der Waals surface area contributed by atoms with Gasteiger partial charge >= 0.3 is 0 Å². The van der Waals surface area contributed by atoms with Crippen molar-refractivity contribution in [1.29, 1.82) is 0 Å². The molecule has 0 saturated carbocycles. The topological polar surface area (TPSA) is 3.24 Å². The number of hydrogen-bond acceptors (Lipinski definition) is 1. The van der Waals surface area contributed by atoms with E-state index in [1.165, 1.54) is 50.0 Å². The normalized spacial score (nSPS) is 33.9. The van der Waals surface area contributed by atoms with E-state index in [2.05, 4.69) is 32.7 Å². The summed E-state index contributed by atoms with van der Waals surface area (Å²) in [5.74, 6) is 0. The first-order valence-electron chi connectivity index (χ1n) is 6.22. The van der Waals surface area contributed by atoms with Gasteiger partial charge in [0, 0.05) is 6.54 Å². The summed E-state index contributed by atoms with van der Waals surface area (Å²) in [6.45, 7) is 12.1. The quantitative estimate of drug-likeness (QED) is 0.614. The molecule has 1 heterocycles. The molecule has 1 rings (SSSR count). The van der Waals surface area contributed by atoms with Gasteiger partial charge in [-0.1, -0.05) is 20.3 Å². The molecule has 1 aliphatic heterocycles. The first-order chi connectivity index (χ1) is 6.65. The Labute approximate surface area is 89.5 Å². The van der Waals surface area contributed by atoms with E-state index in [-0.39, 0.29) is 0 Å². The average molecular weight is 199 g/mol. The Bertz CT molecular complexity index is 154. The predicted octanol–water partition coefficient (Wildman–Crippen LogP) is 2.30. The number of likely N-dealkylation sites (N-methyl/N-ethyl adjacent to an activating group) is 1. The van der Waals surface area contributed by atoms with Crippen molar-refractivity contribution in [3.63, 3.8) is 0 Å². The van der Waals surface area contributed by atoms with Gasteiger partial charge in [0.1, 0.15) is 6.67 Å². The van der Waals surface area contributed by atoms with E-state index in [1.807, 2.05) is 0 Å². The lowest BCUT2D eigenvalue weighted by Crippen LogP contribution is -2.42. The summed E-state index contributed by atoms with van der Waals surface area (Å²) in [6.07, 6.45) is 4.01. The van der Waals surface area contributed by atoms with Crippen molar-refractivity contribution in [2.75, 3.05) is 33.4 Å². The van der Waals surface area contributed by atoms with Crippen molar-refractivity contribution in [3.8, 4) is 0 Å². The molecule has 0 bridgehead atoms. The molecule has 1 unspecified atom stereocenters. The molecule has 0 aromatic carbocycles. The van der Waals surface area contributed by atoms with E-state index in [0.717, 1.165) is 6.04 Å². The summed E-state index contributed by atoms with van der Waals surface area (Å²) in [6, 6.07) is 0.852. The molecule has 0 aromatic heterocycles. The van der Waals surface area contributed by atoms with Crippen molar-refractivity contribution in [2.24, 2.45) is 0 Å². The van der Waals surface area contributed by atoms with E-state index in [9.17, 15) is 0 Å². The lowest BCUT2D eigenvalue weighted by Gasteiger charge is -2.27. The Kier molecular flexibility index (Phi) is 4.39. The van der Waals surface area contributed by atoms with Crippen molar-refractivity contribution in [2.45, 2.75) is 46.1 Å². The summed E-state index contributed by atoms with van der Waals surface area (Å²) in [5.41, 5.74) is 0. The van der Waals surface area contributed by atoms with Gasteiger partial charge in [-0.15, -0.1) is 0 Å². The van der Waals surface area contributed by atoms with Crippen LogP contribution in [0.1, 0.15) is 40.0 Å². The molecule has 0 N–H and O–H groups in total. The molecule has 2 atom stereocenters. The maximum absolute atomic E-state index is 2.70. The second kappa shape index (κ2) is 5.13. The van der Waals surface area contributed by atoms with Crippen LogP contribution in [0.5, 0.6) is 0 Å². The summed E-state index contributed by atoms with van der Waals surface area (Å²) in [7, 11) is 2.40. The fourth-order valence-electron chi connectivity index (χ4n) is 2.61. The van der Waals surface area contributed by atoms with Gasteiger partial charge in [-0.3, -0.25) is 0 Å². The number of nitrogens with zero attached hydrogens (tertiary/aromatic N) is 2. The van der Waals surface area contributed by atoms with Crippen LogP contribution in [0, 0.1) is 0 Å². The van der Waals surface area contributed by atoms with E-state index < -0.39 is 0 Å².